The van der Waals surface area contributed by atoms with E-state index in [2.05, 4.69) is 15.4 Å². The number of ether oxygens (including phenoxy) is 1. The Labute approximate surface area is 211 Å². The smallest absolute Gasteiger partial charge is 0.339 e. The van der Waals surface area contributed by atoms with Crippen LogP contribution in [0.3, 0.4) is 0 Å². The van der Waals surface area contributed by atoms with E-state index >= 15 is 0 Å². The van der Waals surface area contributed by atoms with Gasteiger partial charge in [-0.15, -0.1) is 0 Å². The molecule has 0 spiro atoms. The highest BCUT2D eigenvalue weighted by atomic mass is 16.5. The second kappa shape index (κ2) is 16.6. The molecule has 0 unspecified atom stereocenters. The first-order valence-corrected chi connectivity index (χ1v) is 11.3. The zero-order chi connectivity index (χ0) is 26.9. The summed E-state index contributed by atoms with van der Waals surface area (Å²) in [6.07, 6.45) is -2.23. The van der Waals surface area contributed by atoms with E-state index in [1.807, 2.05) is 49.4 Å². The molecule has 8 nitrogen and oxygen atoms in total. The van der Waals surface area contributed by atoms with Crippen LogP contribution in [-0.4, -0.2) is 49.2 Å². The monoisotopic (exact) mass is 494 g/mol. The van der Waals surface area contributed by atoms with Crippen LogP contribution in [0.5, 0.6) is 0 Å². The number of carbonyl (C=O) groups is 3. The Morgan fingerprint density at radius 3 is 1.36 bits per heavy atom. The lowest BCUT2D eigenvalue weighted by Gasteiger charge is -2.08. The number of hydrogen-bond acceptors (Lipinski definition) is 6. The van der Waals surface area contributed by atoms with Gasteiger partial charge < -0.3 is 25.6 Å². The molecule has 0 aromatic heterocycles. The summed E-state index contributed by atoms with van der Waals surface area (Å²) in [5.41, 5.74) is 2.21. The van der Waals surface area contributed by atoms with Crippen molar-refractivity contribution >= 4 is 17.8 Å². The second-order valence-corrected chi connectivity index (χ2v) is 7.51. The van der Waals surface area contributed by atoms with Gasteiger partial charge >= 0.3 is 5.97 Å². The zero-order valence-electron chi connectivity index (χ0n) is 20.9. The SMILES string of the molecule is CNC(=O)[C@@H](C)c1ccccc1.CNC(=O)[C@@H](O)c1ccccc1.COC(=O)[C@@H](O)c1ccccc1. The number of amides is 2. The highest BCUT2D eigenvalue weighted by molar-refractivity contribution is 5.83. The van der Waals surface area contributed by atoms with Gasteiger partial charge in [0, 0.05) is 14.1 Å². The number of benzene rings is 3. The number of nitrogens with one attached hydrogen (secondary N) is 2. The lowest BCUT2D eigenvalue weighted by molar-refractivity contribution is -0.150. The molecule has 3 aromatic carbocycles. The van der Waals surface area contributed by atoms with Crippen molar-refractivity contribution < 1.29 is 29.3 Å². The van der Waals surface area contributed by atoms with Crippen LogP contribution in [0.1, 0.15) is 41.7 Å². The number of methoxy groups -OCH3 is 1. The Hall–Kier alpha value is -4.01. The number of hydrogen-bond donors (Lipinski definition) is 4. The van der Waals surface area contributed by atoms with Crippen LogP contribution in [0.2, 0.25) is 0 Å². The molecule has 3 atom stereocenters. The second-order valence-electron chi connectivity index (χ2n) is 7.51. The van der Waals surface area contributed by atoms with Crippen LogP contribution in [0.4, 0.5) is 0 Å². The molecule has 4 N–H and O–H groups in total. The summed E-state index contributed by atoms with van der Waals surface area (Å²) >= 11 is 0. The molecule has 8 heteroatoms. The number of aliphatic hydroxyl groups excluding tert-OH is 2. The molecule has 0 saturated carbocycles. The third kappa shape index (κ3) is 10.1. The lowest BCUT2D eigenvalue weighted by atomic mass is 10.0. The van der Waals surface area contributed by atoms with Gasteiger partial charge in [-0.05, 0) is 23.6 Å². The fourth-order valence-electron chi connectivity index (χ4n) is 2.92. The molecule has 0 saturated heterocycles. The van der Waals surface area contributed by atoms with E-state index in [0.29, 0.717) is 11.1 Å². The van der Waals surface area contributed by atoms with Crippen LogP contribution < -0.4 is 10.6 Å². The van der Waals surface area contributed by atoms with Crippen molar-refractivity contribution in [2.75, 3.05) is 21.2 Å². The Balaban J connectivity index is 0.000000270. The topological polar surface area (TPSA) is 125 Å². The maximum absolute atomic E-state index is 11.2. The zero-order valence-corrected chi connectivity index (χ0v) is 20.9. The van der Waals surface area contributed by atoms with Crippen molar-refractivity contribution in [1.82, 2.24) is 10.6 Å². The van der Waals surface area contributed by atoms with Crippen molar-refractivity contribution in [3.63, 3.8) is 0 Å². The van der Waals surface area contributed by atoms with E-state index in [-0.39, 0.29) is 17.7 Å². The molecule has 0 aliphatic heterocycles. The fraction of sp³-hybridized carbons (Fsp3) is 0.250. The van der Waals surface area contributed by atoms with Gasteiger partial charge in [0.2, 0.25) is 5.91 Å². The van der Waals surface area contributed by atoms with E-state index in [0.717, 1.165) is 5.56 Å². The third-order valence-corrected chi connectivity index (χ3v) is 5.09. The predicted octanol–water partition coefficient (Wildman–Crippen LogP) is 2.90. The van der Waals surface area contributed by atoms with Crippen molar-refractivity contribution in [2.45, 2.75) is 25.0 Å². The standard InChI is InChI=1S/C10H13NO.C9H11NO2.C9H10O3/c1-8(10(12)11-2)9-6-4-3-5-7-9;1-10-9(12)8(11)7-5-3-2-4-6-7;1-12-9(11)8(10)7-5-3-2-4-6-7/h3-8H,1-2H3,(H,11,12);2-6,8,11H,1H3,(H,10,12);2-6,8,10H,1H3/t3*8-/m000/s1. The van der Waals surface area contributed by atoms with Gasteiger partial charge in [-0.1, -0.05) is 91.0 Å². The Kier molecular flexibility index (Phi) is 13.8. The normalized spacial score (nSPS) is 12.2. The minimum atomic E-state index is -1.17. The molecule has 0 bridgehead atoms. The summed E-state index contributed by atoms with van der Waals surface area (Å²) in [6, 6.07) is 27.2. The van der Waals surface area contributed by atoms with E-state index in [4.69, 9.17) is 0 Å². The first kappa shape index (κ1) is 30.0. The summed E-state index contributed by atoms with van der Waals surface area (Å²) in [4.78, 5) is 33.0. The molecule has 0 fully saturated rings. The Bertz CT molecular complexity index is 909. The minimum absolute atomic E-state index is 0.0567. The average molecular weight is 495 g/mol. The number of carbonyl (C=O) groups excluding carboxylic acids is 3. The molecule has 3 rings (SSSR count). The molecular formula is C28H34N2O6. The van der Waals surface area contributed by atoms with Crippen molar-refractivity contribution in [2.24, 2.45) is 0 Å². The van der Waals surface area contributed by atoms with Crippen LogP contribution in [0.25, 0.3) is 0 Å². The molecule has 2 amide bonds. The van der Waals surface area contributed by atoms with Gasteiger partial charge in [0.25, 0.3) is 5.91 Å². The molecule has 3 aromatic rings. The largest absolute Gasteiger partial charge is 0.467 e. The van der Waals surface area contributed by atoms with E-state index in [9.17, 15) is 24.6 Å². The lowest BCUT2D eigenvalue weighted by Crippen LogP contribution is -2.25. The van der Waals surface area contributed by atoms with Gasteiger partial charge in [0.1, 0.15) is 0 Å². The van der Waals surface area contributed by atoms with E-state index in [1.165, 1.54) is 14.2 Å². The third-order valence-electron chi connectivity index (χ3n) is 5.09. The Morgan fingerprint density at radius 1 is 0.639 bits per heavy atom. The fourth-order valence-corrected chi connectivity index (χ4v) is 2.92. The molecule has 0 aliphatic carbocycles. The molecule has 0 radical (unpaired) electrons. The van der Waals surface area contributed by atoms with Crippen molar-refractivity contribution in [1.29, 1.82) is 0 Å². The van der Waals surface area contributed by atoms with Crippen LogP contribution in [0, 0.1) is 0 Å². The summed E-state index contributed by atoms with van der Waals surface area (Å²) in [5, 5.41) is 23.7. The highest BCUT2D eigenvalue weighted by Gasteiger charge is 2.16. The van der Waals surface area contributed by atoms with Gasteiger partial charge in [0.15, 0.2) is 12.2 Å². The first-order valence-electron chi connectivity index (χ1n) is 11.3. The highest BCUT2D eigenvalue weighted by Crippen LogP contribution is 2.14. The van der Waals surface area contributed by atoms with Crippen molar-refractivity contribution in [3.05, 3.63) is 108 Å². The predicted molar refractivity (Wildman–Crippen MR) is 138 cm³/mol. The molecule has 0 heterocycles. The summed E-state index contributed by atoms with van der Waals surface area (Å²) in [5.74, 6) is -1.03. The Morgan fingerprint density at radius 2 is 1.00 bits per heavy atom. The molecule has 192 valence electrons. The van der Waals surface area contributed by atoms with Crippen molar-refractivity contribution in [3.8, 4) is 0 Å². The maximum atomic E-state index is 11.2. The van der Waals surface area contributed by atoms with Crippen LogP contribution in [0.15, 0.2) is 91.0 Å². The number of likely N-dealkylation sites (N-methyl/N-ethyl adjacent to an activating group) is 2. The van der Waals surface area contributed by atoms with E-state index in [1.54, 1.807) is 55.6 Å². The van der Waals surface area contributed by atoms with Gasteiger partial charge in [-0.3, -0.25) is 9.59 Å². The molecule has 36 heavy (non-hydrogen) atoms. The summed E-state index contributed by atoms with van der Waals surface area (Å²) in [6.45, 7) is 1.90. The molecular weight excluding hydrogens is 460 g/mol. The quantitative estimate of drug-likeness (QED) is 0.391. The number of aliphatic hydroxyl groups is 2. The first-order chi connectivity index (χ1) is 17.3. The summed E-state index contributed by atoms with van der Waals surface area (Å²) in [7, 11) is 4.39. The van der Waals surface area contributed by atoms with E-state index < -0.39 is 18.2 Å². The van der Waals surface area contributed by atoms with Gasteiger partial charge in [-0.2, -0.15) is 0 Å². The van der Waals surface area contributed by atoms with Gasteiger partial charge in [0.05, 0.1) is 13.0 Å². The summed E-state index contributed by atoms with van der Waals surface area (Å²) < 4.78 is 4.38. The number of rotatable bonds is 6. The molecule has 0 aliphatic rings. The van der Waals surface area contributed by atoms with Crippen LogP contribution >= 0.6 is 0 Å². The minimum Gasteiger partial charge on any atom is -0.467 e. The average Bonchev–Trinajstić information content (AvgIpc) is 2.96. The van der Waals surface area contributed by atoms with Gasteiger partial charge in [-0.25, -0.2) is 4.79 Å². The maximum Gasteiger partial charge on any atom is 0.339 e. The van der Waals surface area contributed by atoms with Crippen LogP contribution in [-0.2, 0) is 19.1 Å². The number of esters is 1.